The van der Waals surface area contributed by atoms with Crippen LogP contribution in [0.3, 0.4) is 0 Å². The zero-order chi connectivity index (χ0) is 15.4. The van der Waals surface area contributed by atoms with Crippen molar-refractivity contribution in [1.29, 1.82) is 0 Å². The number of nitrogens with zero attached hydrogens (tertiary/aromatic N) is 3. The lowest BCUT2D eigenvalue weighted by Crippen LogP contribution is -2.55. The number of hydrogen-bond donors (Lipinski definition) is 1. The van der Waals surface area contributed by atoms with Crippen LogP contribution in [0.25, 0.3) is 0 Å². The van der Waals surface area contributed by atoms with Crippen LogP contribution < -0.4 is 5.32 Å². The van der Waals surface area contributed by atoms with E-state index in [4.69, 9.17) is 0 Å². The topological polar surface area (TPSA) is 55.9 Å². The van der Waals surface area contributed by atoms with Crippen molar-refractivity contribution < 1.29 is 9.59 Å². The van der Waals surface area contributed by atoms with Gasteiger partial charge in [-0.3, -0.25) is 4.79 Å². The van der Waals surface area contributed by atoms with Gasteiger partial charge in [0.1, 0.15) is 0 Å². The Kier molecular flexibility index (Phi) is 5.45. The summed E-state index contributed by atoms with van der Waals surface area (Å²) in [5, 5.41) is 3.33. The molecule has 0 saturated carbocycles. The van der Waals surface area contributed by atoms with Gasteiger partial charge in [0.25, 0.3) is 0 Å². The van der Waals surface area contributed by atoms with E-state index in [0.29, 0.717) is 26.2 Å². The van der Waals surface area contributed by atoms with Crippen molar-refractivity contribution in [3.8, 4) is 0 Å². The molecule has 6 heteroatoms. The lowest BCUT2D eigenvalue weighted by Gasteiger charge is -2.38. The molecule has 2 rings (SSSR count). The summed E-state index contributed by atoms with van der Waals surface area (Å²) in [4.78, 5) is 30.4. The molecule has 0 aromatic rings. The minimum absolute atomic E-state index is 0.100. The molecule has 2 unspecified atom stereocenters. The average Bonchev–Trinajstić information content (AvgIpc) is 2.94. The second-order valence-corrected chi connectivity index (χ2v) is 5.91. The van der Waals surface area contributed by atoms with Gasteiger partial charge in [0.15, 0.2) is 0 Å². The molecule has 6 nitrogen and oxygen atoms in total. The second-order valence-electron chi connectivity index (χ2n) is 5.91. The highest BCUT2D eigenvalue weighted by Gasteiger charge is 2.34. The second kappa shape index (κ2) is 7.11. The highest BCUT2D eigenvalue weighted by Crippen LogP contribution is 2.19. The molecule has 0 radical (unpaired) electrons. The zero-order valence-electron chi connectivity index (χ0n) is 13.5. The Bertz CT molecular complexity index is 376. The van der Waals surface area contributed by atoms with Gasteiger partial charge in [-0.05, 0) is 33.7 Å². The smallest absolute Gasteiger partial charge is 0.320 e. The van der Waals surface area contributed by atoms with Crippen LogP contribution in [0.5, 0.6) is 0 Å². The third kappa shape index (κ3) is 3.48. The van der Waals surface area contributed by atoms with Crippen molar-refractivity contribution in [3.63, 3.8) is 0 Å². The number of carbonyl (C=O) groups is 2. The summed E-state index contributed by atoms with van der Waals surface area (Å²) in [6.45, 7) is 11.1. The number of hydrogen-bond acceptors (Lipinski definition) is 3. The number of carbonyl (C=O) groups excluding carboxylic acids is 2. The van der Waals surface area contributed by atoms with E-state index < -0.39 is 0 Å². The van der Waals surface area contributed by atoms with Crippen LogP contribution in [0.4, 0.5) is 4.79 Å². The van der Waals surface area contributed by atoms with E-state index >= 15 is 0 Å². The van der Waals surface area contributed by atoms with Gasteiger partial charge < -0.3 is 20.0 Å². The molecule has 2 aliphatic rings. The van der Waals surface area contributed by atoms with E-state index in [1.807, 2.05) is 28.5 Å². The Morgan fingerprint density at radius 1 is 1.10 bits per heavy atom. The molecule has 2 fully saturated rings. The molecule has 2 atom stereocenters. The Hall–Kier alpha value is -1.30. The molecule has 21 heavy (non-hydrogen) atoms. The predicted molar refractivity (Wildman–Crippen MR) is 82.0 cm³/mol. The normalized spacial score (nSPS) is 26.0. The minimum Gasteiger partial charge on any atom is -0.339 e. The fraction of sp³-hybridized carbons (Fsp3) is 0.867. The maximum Gasteiger partial charge on any atom is 0.320 e. The fourth-order valence-corrected chi connectivity index (χ4v) is 3.24. The van der Waals surface area contributed by atoms with E-state index in [2.05, 4.69) is 12.2 Å². The van der Waals surface area contributed by atoms with Crippen molar-refractivity contribution in [1.82, 2.24) is 20.0 Å². The molecule has 0 aliphatic carbocycles. The van der Waals surface area contributed by atoms with E-state index in [0.717, 1.165) is 26.1 Å². The van der Waals surface area contributed by atoms with Crippen molar-refractivity contribution in [2.75, 3.05) is 45.8 Å². The molecule has 0 spiro atoms. The summed E-state index contributed by atoms with van der Waals surface area (Å²) in [6, 6.07) is 0.371. The summed E-state index contributed by atoms with van der Waals surface area (Å²) in [5.41, 5.74) is 0. The Balaban J connectivity index is 1.85. The van der Waals surface area contributed by atoms with E-state index in [1.165, 1.54) is 0 Å². The number of nitrogens with one attached hydrogen (secondary N) is 1. The van der Waals surface area contributed by atoms with Crippen LogP contribution in [0.15, 0.2) is 0 Å². The Morgan fingerprint density at radius 2 is 1.67 bits per heavy atom. The lowest BCUT2D eigenvalue weighted by atomic mass is 10.00. The molecular formula is C15H28N4O2. The van der Waals surface area contributed by atoms with E-state index in [9.17, 15) is 9.59 Å². The Labute approximate surface area is 127 Å². The van der Waals surface area contributed by atoms with Gasteiger partial charge in [0, 0.05) is 45.3 Å². The van der Waals surface area contributed by atoms with E-state index in [1.54, 1.807) is 0 Å². The molecule has 2 aliphatic heterocycles. The first-order valence-electron chi connectivity index (χ1n) is 8.14. The quantitative estimate of drug-likeness (QED) is 0.829. The van der Waals surface area contributed by atoms with Crippen LogP contribution in [0.2, 0.25) is 0 Å². The van der Waals surface area contributed by atoms with Crippen molar-refractivity contribution in [2.24, 2.45) is 5.92 Å². The van der Waals surface area contributed by atoms with Crippen LogP contribution in [0.1, 0.15) is 27.2 Å². The maximum absolute atomic E-state index is 12.5. The third-order valence-corrected chi connectivity index (χ3v) is 4.74. The van der Waals surface area contributed by atoms with Crippen molar-refractivity contribution in [2.45, 2.75) is 33.2 Å². The van der Waals surface area contributed by atoms with Gasteiger partial charge in [-0.15, -0.1) is 0 Å². The van der Waals surface area contributed by atoms with Gasteiger partial charge in [0.2, 0.25) is 5.91 Å². The molecular weight excluding hydrogens is 268 g/mol. The molecule has 120 valence electrons. The number of piperazine rings is 1. The first-order valence-corrected chi connectivity index (χ1v) is 8.14. The van der Waals surface area contributed by atoms with Crippen LogP contribution in [-0.2, 0) is 4.79 Å². The third-order valence-electron chi connectivity index (χ3n) is 4.74. The average molecular weight is 296 g/mol. The largest absolute Gasteiger partial charge is 0.339 e. The molecule has 1 N–H and O–H groups in total. The first-order chi connectivity index (χ1) is 10.1. The highest BCUT2D eigenvalue weighted by molar-refractivity contribution is 5.80. The highest BCUT2D eigenvalue weighted by atomic mass is 16.2. The van der Waals surface area contributed by atoms with E-state index in [-0.39, 0.29) is 23.9 Å². The van der Waals surface area contributed by atoms with Gasteiger partial charge in [-0.2, -0.15) is 0 Å². The standard InChI is InChI=1S/C15H28N4O2/c1-4-17(5-2)15(21)19-10-8-18(9-11-19)14(20)13-6-7-16-12(13)3/h12-13,16H,4-11H2,1-3H3. The maximum atomic E-state index is 12.5. The summed E-state index contributed by atoms with van der Waals surface area (Å²) in [5.74, 6) is 0.359. The molecule has 3 amide bonds. The summed E-state index contributed by atoms with van der Waals surface area (Å²) in [6.07, 6.45) is 0.929. The van der Waals surface area contributed by atoms with Gasteiger partial charge in [-0.25, -0.2) is 4.79 Å². The predicted octanol–water partition coefficient (Wildman–Crippen LogP) is 0.590. The lowest BCUT2D eigenvalue weighted by molar-refractivity contribution is -0.137. The van der Waals surface area contributed by atoms with Crippen LogP contribution in [-0.4, -0.2) is 78.5 Å². The molecule has 0 aromatic carbocycles. The number of urea groups is 1. The van der Waals surface area contributed by atoms with Gasteiger partial charge in [0.05, 0.1) is 5.92 Å². The van der Waals surface area contributed by atoms with Crippen LogP contribution >= 0.6 is 0 Å². The zero-order valence-corrected chi connectivity index (χ0v) is 13.5. The van der Waals surface area contributed by atoms with Crippen molar-refractivity contribution >= 4 is 11.9 Å². The molecule has 2 saturated heterocycles. The molecule has 0 bridgehead atoms. The van der Waals surface area contributed by atoms with Gasteiger partial charge in [-0.1, -0.05) is 0 Å². The van der Waals surface area contributed by atoms with Crippen LogP contribution in [0, 0.1) is 5.92 Å². The fourth-order valence-electron chi connectivity index (χ4n) is 3.24. The Morgan fingerprint density at radius 3 is 2.14 bits per heavy atom. The summed E-state index contributed by atoms with van der Waals surface area (Å²) < 4.78 is 0. The minimum atomic E-state index is 0.100. The monoisotopic (exact) mass is 296 g/mol. The molecule has 0 aromatic heterocycles. The summed E-state index contributed by atoms with van der Waals surface area (Å²) >= 11 is 0. The number of amides is 3. The van der Waals surface area contributed by atoms with Crippen molar-refractivity contribution in [3.05, 3.63) is 0 Å². The SMILES string of the molecule is CCN(CC)C(=O)N1CCN(C(=O)C2CCNC2C)CC1. The first kappa shape index (κ1) is 16.1. The molecule has 2 heterocycles. The van der Waals surface area contributed by atoms with Gasteiger partial charge >= 0.3 is 6.03 Å². The summed E-state index contributed by atoms with van der Waals surface area (Å²) in [7, 11) is 0. The number of rotatable bonds is 3.